The molecule has 0 aliphatic carbocycles. The number of carbonyl (C=O) groups excluding carboxylic acids is 1. The van der Waals surface area contributed by atoms with E-state index < -0.39 is 33.4 Å². The molecule has 1 aliphatic rings. The first-order chi connectivity index (χ1) is 8.82. The Kier molecular flexibility index (Phi) is 3.58. The summed E-state index contributed by atoms with van der Waals surface area (Å²) in [5.74, 6) is -3.13. The minimum absolute atomic E-state index is 0.0148. The number of benzene rings is 1. The van der Waals surface area contributed by atoms with Gasteiger partial charge in [0.25, 0.3) is 5.91 Å². The smallest absolute Gasteiger partial charge is 0.256 e. The van der Waals surface area contributed by atoms with Gasteiger partial charge in [-0.15, -0.1) is 0 Å². The molecule has 1 heterocycles. The second-order valence-corrected chi connectivity index (χ2v) is 6.80. The third-order valence-electron chi connectivity index (χ3n) is 3.26. The minimum atomic E-state index is -3.14. The monoisotopic (exact) mass is 289 g/mol. The van der Waals surface area contributed by atoms with Crippen molar-refractivity contribution in [2.45, 2.75) is 12.5 Å². The first-order valence-electron chi connectivity index (χ1n) is 5.73. The summed E-state index contributed by atoms with van der Waals surface area (Å²) < 4.78 is 49.3. The van der Waals surface area contributed by atoms with E-state index in [2.05, 4.69) is 0 Å². The molecule has 0 N–H and O–H groups in total. The van der Waals surface area contributed by atoms with Gasteiger partial charge in [-0.1, -0.05) is 6.07 Å². The van der Waals surface area contributed by atoms with Crippen molar-refractivity contribution in [2.24, 2.45) is 0 Å². The molecule has 0 spiro atoms. The van der Waals surface area contributed by atoms with Gasteiger partial charge in [0.1, 0.15) is 0 Å². The molecule has 1 aromatic carbocycles. The van der Waals surface area contributed by atoms with Crippen LogP contribution in [-0.4, -0.2) is 43.8 Å². The fourth-order valence-electron chi connectivity index (χ4n) is 2.11. The van der Waals surface area contributed by atoms with E-state index in [-0.39, 0.29) is 17.1 Å². The van der Waals surface area contributed by atoms with Gasteiger partial charge in [0.15, 0.2) is 21.5 Å². The molecule has 4 nitrogen and oxygen atoms in total. The Labute approximate surface area is 109 Å². The molecular formula is C12H13F2NO3S. The van der Waals surface area contributed by atoms with Gasteiger partial charge < -0.3 is 4.90 Å². The zero-order valence-electron chi connectivity index (χ0n) is 10.3. The first-order valence-corrected chi connectivity index (χ1v) is 7.55. The van der Waals surface area contributed by atoms with E-state index in [0.717, 1.165) is 6.07 Å². The van der Waals surface area contributed by atoms with E-state index in [0.29, 0.717) is 6.42 Å². The molecule has 1 atom stereocenters. The van der Waals surface area contributed by atoms with Crippen LogP contribution in [0, 0.1) is 11.6 Å². The number of nitrogens with zero attached hydrogens (tertiary/aromatic N) is 1. The van der Waals surface area contributed by atoms with Crippen LogP contribution in [0.2, 0.25) is 0 Å². The second-order valence-electron chi connectivity index (χ2n) is 4.57. The predicted octanol–water partition coefficient (Wildman–Crippen LogP) is 1.22. The number of rotatable bonds is 2. The second kappa shape index (κ2) is 4.88. The van der Waals surface area contributed by atoms with Gasteiger partial charge in [-0.3, -0.25) is 4.79 Å². The summed E-state index contributed by atoms with van der Waals surface area (Å²) in [7, 11) is -1.74. The van der Waals surface area contributed by atoms with E-state index in [9.17, 15) is 22.0 Å². The van der Waals surface area contributed by atoms with E-state index in [1.165, 1.54) is 24.1 Å². The highest BCUT2D eigenvalue weighted by Gasteiger charge is 2.33. The van der Waals surface area contributed by atoms with Crippen molar-refractivity contribution in [2.75, 3.05) is 18.6 Å². The van der Waals surface area contributed by atoms with Crippen LogP contribution in [-0.2, 0) is 9.84 Å². The average molecular weight is 289 g/mol. The Morgan fingerprint density at radius 3 is 2.63 bits per heavy atom. The molecule has 19 heavy (non-hydrogen) atoms. The average Bonchev–Trinajstić information content (AvgIpc) is 2.71. The van der Waals surface area contributed by atoms with E-state index in [1.807, 2.05) is 0 Å². The van der Waals surface area contributed by atoms with Crippen molar-refractivity contribution in [3.05, 3.63) is 35.4 Å². The summed E-state index contributed by atoms with van der Waals surface area (Å²) >= 11 is 0. The van der Waals surface area contributed by atoms with Crippen molar-refractivity contribution >= 4 is 15.7 Å². The zero-order chi connectivity index (χ0) is 14.2. The maximum atomic E-state index is 13.5. The molecule has 0 aromatic heterocycles. The predicted molar refractivity (Wildman–Crippen MR) is 65.5 cm³/mol. The van der Waals surface area contributed by atoms with Crippen LogP contribution in [0.3, 0.4) is 0 Å². The minimum Gasteiger partial charge on any atom is -0.338 e. The normalized spacial score (nSPS) is 21.3. The Balaban J connectivity index is 2.23. The van der Waals surface area contributed by atoms with Crippen LogP contribution in [0.4, 0.5) is 8.78 Å². The van der Waals surface area contributed by atoms with Gasteiger partial charge in [-0.2, -0.15) is 0 Å². The quantitative estimate of drug-likeness (QED) is 0.822. The summed E-state index contributed by atoms with van der Waals surface area (Å²) in [4.78, 5) is 13.2. The Morgan fingerprint density at radius 2 is 2.05 bits per heavy atom. The molecule has 104 valence electrons. The summed E-state index contributed by atoms with van der Waals surface area (Å²) in [6.07, 6.45) is 0.321. The lowest BCUT2D eigenvalue weighted by atomic mass is 10.1. The molecule has 2 rings (SSSR count). The summed E-state index contributed by atoms with van der Waals surface area (Å²) in [6.45, 7) is 0. The number of sulfone groups is 1. The highest BCUT2D eigenvalue weighted by Crippen LogP contribution is 2.20. The Hall–Kier alpha value is -1.50. The number of carbonyl (C=O) groups is 1. The lowest BCUT2D eigenvalue weighted by Crippen LogP contribution is -2.38. The maximum Gasteiger partial charge on any atom is 0.256 e. The fourth-order valence-corrected chi connectivity index (χ4v) is 3.88. The summed E-state index contributed by atoms with van der Waals surface area (Å²) in [6, 6.07) is 2.86. The molecule has 1 amide bonds. The van der Waals surface area contributed by atoms with Crippen LogP contribution < -0.4 is 0 Å². The number of hydrogen-bond acceptors (Lipinski definition) is 3. The molecule has 1 aliphatic heterocycles. The molecule has 1 aromatic rings. The standard InChI is InChI=1S/C12H13F2NO3S/c1-15(8-5-6-19(17,18)7-8)12(16)9-3-2-4-10(13)11(9)14/h2-4,8H,5-7H2,1H3. The Morgan fingerprint density at radius 1 is 1.37 bits per heavy atom. The van der Waals surface area contributed by atoms with Gasteiger partial charge in [0, 0.05) is 13.1 Å². The van der Waals surface area contributed by atoms with Gasteiger partial charge in [-0.05, 0) is 18.6 Å². The largest absolute Gasteiger partial charge is 0.338 e. The molecule has 0 bridgehead atoms. The van der Waals surface area contributed by atoms with Crippen LogP contribution in [0.1, 0.15) is 16.8 Å². The van der Waals surface area contributed by atoms with Gasteiger partial charge >= 0.3 is 0 Å². The van der Waals surface area contributed by atoms with Gasteiger partial charge in [0.05, 0.1) is 17.1 Å². The molecule has 1 unspecified atom stereocenters. The van der Waals surface area contributed by atoms with E-state index >= 15 is 0 Å². The van der Waals surface area contributed by atoms with E-state index in [1.54, 1.807) is 0 Å². The van der Waals surface area contributed by atoms with Gasteiger partial charge in [0.2, 0.25) is 0 Å². The third-order valence-corrected chi connectivity index (χ3v) is 5.01. The van der Waals surface area contributed by atoms with E-state index in [4.69, 9.17) is 0 Å². The topological polar surface area (TPSA) is 54.5 Å². The van der Waals surface area contributed by atoms with Crippen LogP contribution in [0.25, 0.3) is 0 Å². The first kappa shape index (κ1) is 13.9. The van der Waals surface area contributed by atoms with Crippen molar-refractivity contribution in [3.8, 4) is 0 Å². The molecule has 0 saturated carbocycles. The summed E-state index contributed by atoms with van der Waals surface area (Å²) in [5, 5.41) is 0. The molecule has 1 saturated heterocycles. The zero-order valence-corrected chi connectivity index (χ0v) is 11.1. The van der Waals surface area contributed by atoms with Crippen LogP contribution >= 0.6 is 0 Å². The highest BCUT2D eigenvalue weighted by atomic mass is 32.2. The highest BCUT2D eigenvalue weighted by molar-refractivity contribution is 7.91. The lowest BCUT2D eigenvalue weighted by Gasteiger charge is -2.23. The van der Waals surface area contributed by atoms with Gasteiger partial charge in [-0.25, -0.2) is 17.2 Å². The van der Waals surface area contributed by atoms with Crippen LogP contribution in [0.5, 0.6) is 0 Å². The van der Waals surface area contributed by atoms with Crippen molar-refractivity contribution in [1.82, 2.24) is 4.90 Å². The number of hydrogen-bond donors (Lipinski definition) is 0. The molecule has 0 radical (unpaired) electrons. The van der Waals surface area contributed by atoms with Crippen molar-refractivity contribution < 1.29 is 22.0 Å². The Bertz CT molecular complexity index is 615. The molecule has 7 heteroatoms. The van der Waals surface area contributed by atoms with Crippen molar-refractivity contribution in [1.29, 1.82) is 0 Å². The van der Waals surface area contributed by atoms with Crippen LogP contribution in [0.15, 0.2) is 18.2 Å². The van der Waals surface area contributed by atoms with Crippen molar-refractivity contribution in [3.63, 3.8) is 0 Å². The fraction of sp³-hybridized carbons (Fsp3) is 0.417. The third kappa shape index (κ3) is 2.75. The lowest BCUT2D eigenvalue weighted by molar-refractivity contribution is 0.0742. The number of amides is 1. The molecule has 1 fully saturated rings. The maximum absolute atomic E-state index is 13.5. The SMILES string of the molecule is CN(C(=O)c1cccc(F)c1F)C1CCS(=O)(=O)C1. The molecular weight excluding hydrogens is 276 g/mol. The summed E-state index contributed by atoms with van der Waals surface area (Å²) in [5.41, 5.74) is -0.383. The number of halogens is 2.